The van der Waals surface area contributed by atoms with E-state index in [1.54, 1.807) is 12.1 Å². The Morgan fingerprint density at radius 1 is 1.15 bits per heavy atom. The number of carbonyl (C=O) groups excluding carboxylic acids is 1. The average molecular weight is 360 g/mol. The van der Waals surface area contributed by atoms with Crippen molar-refractivity contribution in [1.29, 1.82) is 0 Å². The monoisotopic (exact) mass is 360 g/mol. The molecule has 1 aliphatic carbocycles. The summed E-state index contributed by atoms with van der Waals surface area (Å²) in [7, 11) is 0. The van der Waals surface area contributed by atoms with E-state index in [9.17, 15) is 19.1 Å². The summed E-state index contributed by atoms with van der Waals surface area (Å²) in [5, 5.41) is 9.67. The number of hydrogen-bond acceptors (Lipinski definition) is 3. The van der Waals surface area contributed by atoms with E-state index in [2.05, 4.69) is 0 Å². The number of amides is 1. The van der Waals surface area contributed by atoms with Crippen molar-refractivity contribution in [2.24, 2.45) is 11.3 Å². The fourth-order valence-electron chi connectivity index (χ4n) is 4.53. The van der Waals surface area contributed by atoms with Crippen LogP contribution in [0.4, 0.5) is 4.39 Å². The molecule has 1 aromatic rings. The molecular weight excluding hydrogens is 335 g/mol. The van der Waals surface area contributed by atoms with Crippen molar-refractivity contribution in [2.45, 2.75) is 44.7 Å². The third-order valence-electron chi connectivity index (χ3n) is 6.25. The topological polar surface area (TPSA) is 60.9 Å². The van der Waals surface area contributed by atoms with Gasteiger partial charge in [0.2, 0.25) is 5.91 Å². The minimum absolute atomic E-state index is 0.0244. The van der Waals surface area contributed by atoms with Gasteiger partial charge in [-0.05, 0) is 55.2 Å². The number of likely N-dealkylation sites (tertiary alicyclic amines) is 2. The fraction of sp³-hybridized carbons (Fsp3) is 0.600. The second-order valence-electron chi connectivity index (χ2n) is 8.19. The zero-order valence-electron chi connectivity index (χ0n) is 14.9. The highest BCUT2D eigenvalue weighted by atomic mass is 19.1. The van der Waals surface area contributed by atoms with Crippen molar-refractivity contribution in [3.63, 3.8) is 0 Å². The number of rotatable bonds is 4. The third-order valence-corrected chi connectivity index (χ3v) is 6.25. The summed E-state index contributed by atoms with van der Waals surface area (Å²) < 4.78 is 13.1. The van der Waals surface area contributed by atoms with Crippen LogP contribution in [0.25, 0.3) is 0 Å². The molecule has 2 heterocycles. The zero-order valence-corrected chi connectivity index (χ0v) is 14.9. The standard InChI is InChI=1S/C20H25FN2O3/c21-16-5-1-14(2-6-16)12-23-13-20(11-17(23)19(25)26)7-9-22(10-8-20)18(24)15-3-4-15/h1-2,5-6,15,17H,3-4,7-13H2,(H,25,26)/t17-/m0/s1. The van der Waals surface area contributed by atoms with E-state index in [4.69, 9.17) is 0 Å². The molecule has 6 heteroatoms. The van der Waals surface area contributed by atoms with Gasteiger partial charge in [0.25, 0.3) is 0 Å². The highest BCUT2D eigenvalue weighted by Crippen LogP contribution is 2.44. The van der Waals surface area contributed by atoms with Crippen molar-refractivity contribution in [3.05, 3.63) is 35.6 Å². The molecule has 1 spiro atoms. The first-order chi connectivity index (χ1) is 12.5. The maximum atomic E-state index is 13.1. The molecular formula is C20H25FN2O3. The molecule has 0 aromatic heterocycles. The second kappa shape index (κ2) is 6.65. The lowest BCUT2D eigenvalue weighted by molar-refractivity contribution is -0.142. The Hall–Kier alpha value is -1.95. The number of carboxylic acid groups (broad SMARTS) is 1. The van der Waals surface area contributed by atoms with Crippen LogP contribution in [0.15, 0.2) is 24.3 Å². The van der Waals surface area contributed by atoms with E-state index in [1.165, 1.54) is 12.1 Å². The highest BCUT2D eigenvalue weighted by molar-refractivity contribution is 5.81. The summed E-state index contributed by atoms with van der Waals surface area (Å²) >= 11 is 0. The predicted octanol–water partition coefficient (Wildman–Crippen LogP) is 2.50. The molecule has 1 aromatic carbocycles. The molecule has 26 heavy (non-hydrogen) atoms. The number of piperidine rings is 1. The molecule has 140 valence electrons. The lowest BCUT2D eigenvalue weighted by Crippen LogP contribution is -2.44. The van der Waals surface area contributed by atoms with Crippen molar-refractivity contribution in [2.75, 3.05) is 19.6 Å². The maximum absolute atomic E-state index is 13.1. The first-order valence-electron chi connectivity index (χ1n) is 9.46. The Morgan fingerprint density at radius 3 is 2.38 bits per heavy atom. The molecule has 1 N–H and O–H groups in total. The Balaban J connectivity index is 1.43. The first-order valence-corrected chi connectivity index (χ1v) is 9.46. The average Bonchev–Trinajstić information content (AvgIpc) is 3.41. The SMILES string of the molecule is O=C(O)[C@@H]1CC2(CCN(C(=O)C3CC3)CC2)CN1Cc1ccc(F)cc1. The second-order valence-corrected chi connectivity index (χ2v) is 8.19. The number of aliphatic carboxylic acids is 1. The van der Waals surface area contributed by atoms with E-state index in [0.717, 1.165) is 50.9 Å². The maximum Gasteiger partial charge on any atom is 0.320 e. The molecule has 2 aliphatic heterocycles. The number of carbonyl (C=O) groups is 2. The molecule has 0 bridgehead atoms. The molecule has 1 atom stereocenters. The van der Waals surface area contributed by atoms with E-state index < -0.39 is 12.0 Å². The van der Waals surface area contributed by atoms with Crippen LogP contribution >= 0.6 is 0 Å². The largest absolute Gasteiger partial charge is 0.480 e. The smallest absolute Gasteiger partial charge is 0.320 e. The van der Waals surface area contributed by atoms with E-state index in [0.29, 0.717) is 13.0 Å². The summed E-state index contributed by atoms with van der Waals surface area (Å²) in [4.78, 5) is 28.0. The van der Waals surface area contributed by atoms with Crippen LogP contribution in [-0.2, 0) is 16.1 Å². The molecule has 4 rings (SSSR count). The minimum Gasteiger partial charge on any atom is -0.480 e. The van der Waals surface area contributed by atoms with Gasteiger partial charge < -0.3 is 10.0 Å². The number of nitrogens with zero attached hydrogens (tertiary/aromatic N) is 2. The molecule has 1 amide bonds. The summed E-state index contributed by atoms with van der Waals surface area (Å²) in [6.45, 7) is 2.73. The van der Waals surface area contributed by atoms with Gasteiger partial charge in [-0.1, -0.05) is 12.1 Å². The Labute approximate surface area is 152 Å². The van der Waals surface area contributed by atoms with Crippen LogP contribution in [0, 0.1) is 17.2 Å². The lowest BCUT2D eigenvalue weighted by Gasteiger charge is -2.39. The summed E-state index contributed by atoms with van der Waals surface area (Å²) in [6, 6.07) is 5.76. The normalized spacial score (nSPS) is 25.6. The van der Waals surface area contributed by atoms with Gasteiger partial charge >= 0.3 is 5.97 Å². The first kappa shape index (κ1) is 17.5. The Kier molecular flexibility index (Phi) is 4.47. The van der Waals surface area contributed by atoms with Crippen molar-refractivity contribution in [3.8, 4) is 0 Å². The van der Waals surface area contributed by atoms with Gasteiger partial charge in [-0.15, -0.1) is 0 Å². The van der Waals surface area contributed by atoms with Gasteiger partial charge in [0.15, 0.2) is 0 Å². The fourth-order valence-corrected chi connectivity index (χ4v) is 4.53. The number of benzene rings is 1. The van der Waals surface area contributed by atoms with Gasteiger partial charge in [0.1, 0.15) is 11.9 Å². The Bertz CT molecular complexity index is 694. The van der Waals surface area contributed by atoms with Crippen molar-refractivity contribution >= 4 is 11.9 Å². The molecule has 1 saturated carbocycles. The van der Waals surface area contributed by atoms with E-state index in [-0.39, 0.29) is 23.1 Å². The molecule has 3 fully saturated rings. The summed E-state index contributed by atoms with van der Waals surface area (Å²) in [6.07, 6.45) is 4.42. The van der Waals surface area contributed by atoms with Gasteiger partial charge in [-0.2, -0.15) is 0 Å². The van der Waals surface area contributed by atoms with Gasteiger partial charge in [-0.3, -0.25) is 14.5 Å². The molecule has 0 unspecified atom stereocenters. The van der Waals surface area contributed by atoms with Gasteiger partial charge in [0, 0.05) is 32.1 Å². The third kappa shape index (κ3) is 3.47. The van der Waals surface area contributed by atoms with Crippen LogP contribution in [-0.4, -0.2) is 52.5 Å². The van der Waals surface area contributed by atoms with Crippen LogP contribution in [0.5, 0.6) is 0 Å². The van der Waals surface area contributed by atoms with Crippen molar-refractivity contribution < 1.29 is 19.1 Å². The number of carboxylic acids is 1. The lowest BCUT2D eigenvalue weighted by atomic mass is 9.76. The predicted molar refractivity (Wildman–Crippen MR) is 93.8 cm³/mol. The quantitative estimate of drug-likeness (QED) is 0.896. The molecule has 0 radical (unpaired) electrons. The number of hydrogen-bond donors (Lipinski definition) is 1. The number of halogens is 1. The molecule has 2 saturated heterocycles. The van der Waals surface area contributed by atoms with Crippen LogP contribution < -0.4 is 0 Å². The van der Waals surface area contributed by atoms with E-state index in [1.807, 2.05) is 9.80 Å². The van der Waals surface area contributed by atoms with Gasteiger partial charge in [0.05, 0.1) is 0 Å². The van der Waals surface area contributed by atoms with Gasteiger partial charge in [-0.25, -0.2) is 4.39 Å². The molecule has 5 nitrogen and oxygen atoms in total. The van der Waals surface area contributed by atoms with Crippen LogP contribution in [0.3, 0.4) is 0 Å². The Morgan fingerprint density at radius 2 is 1.81 bits per heavy atom. The molecule has 3 aliphatic rings. The van der Waals surface area contributed by atoms with Crippen LogP contribution in [0.1, 0.15) is 37.7 Å². The minimum atomic E-state index is -0.791. The zero-order chi connectivity index (χ0) is 18.3. The van der Waals surface area contributed by atoms with E-state index >= 15 is 0 Å². The summed E-state index contributed by atoms with van der Waals surface area (Å²) in [5.74, 6) is -0.542. The highest BCUT2D eigenvalue weighted by Gasteiger charge is 2.49. The van der Waals surface area contributed by atoms with Crippen LogP contribution in [0.2, 0.25) is 0 Å². The van der Waals surface area contributed by atoms with Crippen molar-refractivity contribution in [1.82, 2.24) is 9.80 Å². The summed E-state index contributed by atoms with van der Waals surface area (Å²) in [5.41, 5.74) is 0.903.